The smallest absolute Gasteiger partial charge is 0.262 e. The van der Waals surface area contributed by atoms with Gasteiger partial charge in [0.1, 0.15) is 12.4 Å². The van der Waals surface area contributed by atoms with Crippen LogP contribution < -0.4 is 10.1 Å². The first kappa shape index (κ1) is 26.4. The van der Waals surface area contributed by atoms with Crippen LogP contribution in [0, 0.1) is 17.2 Å². The standard InChI is InChI=1S/C31H30BrN3O2S/c1-21-9-5-8-14-27(21)35-30(36)29(38-31(35)34-25-12-3-2-4-13-25)18-22-15-16-28(26(32)17-22)37-20-24-11-7-6-10-23(24)19-33/h2-4,6-7,10-13,15-18,21,27,31,34H,5,8-9,14,20H2,1H3/b29-18-/t21-,27+,31?/m1/s1. The van der Waals surface area contributed by atoms with Crippen molar-refractivity contribution in [3.63, 3.8) is 0 Å². The van der Waals surface area contributed by atoms with Gasteiger partial charge in [0.25, 0.3) is 5.91 Å². The van der Waals surface area contributed by atoms with E-state index in [9.17, 15) is 10.1 Å². The topological polar surface area (TPSA) is 65.4 Å². The van der Waals surface area contributed by atoms with Crippen molar-refractivity contribution in [2.24, 2.45) is 5.92 Å². The average molecular weight is 589 g/mol. The number of nitrogens with one attached hydrogen (secondary N) is 1. The molecule has 3 aromatic rings. The molecular formula is C31H30BrN3O2S. The van der Waals surface area contributed by atoms with Crippen molar-refractivity contribution in [3.8, 4) is 11.8 Å². The van der Waals surface area contributed by atoms with Crippen molar-refractivity contribution in [1.29, 1.82) is 5.26 Å². The van der Waals surface area contributed by atoms with Crippen LogP contribution in [0.15, 0.2) is 82.2 Å². The summed E-state index contributed by atoms with van der Waals surface area (Å²) in [6.45, 7) is 2.58. The molecule has 1 unspecified atom stereocenters. The molecule has 1 aliphatic heterocycles. The van der Waals surface area contributed by atoms with Crippen molar-refractivity contribution in [2.45, 2.75) is 50.8 Å². The highest BCUT2D eigenvalue weighted by molar-refractivity contribution is 9.10. The molecular weight excluding hydrogens is 558 g/mol. The Morgan fingerprint density at radius 1 is 1.11 bits per heavy atom. The first-order chi connectivity index (χ1) is 18.5. The highest BCUT2D eigenvalue weighted by Gasteiger charge is 2.42. The molecule has 5 rings (SSSR count). The lowest BCUT2D eigenvalue weighted by atomic mass is 9.85. The predicted octanol–water partition coefficient (Wildman–Crippen LogP) is 7.79. The number of rotatable bonds is 7. The van der Waals surface area contributed by atoms with E-state index in [2.05, 4.69) is 39.1 Å². The third kappa shape index (κ3) is 5.92. The van der Waals surface area contributed by atoms with Gasteiger partial charge in [0.2, 0.25) is 0 Å². The molecule has 1 saturated carbocycles. The number of para-hydroxylation sites is 1. The van der Waals surface area contributed by atoms with E-state index in [1.807, 2.05) is 72.8 Å². The Morgan fingerprint density at radius 2 is 1.87 bits per heavy atom. The van der Waals surface area contributed by atoms with Gasteiger partial charge in [-0.25, -0.2) is 0 Å². The minimum absolute atomic E-state index is 0.0896. The zero-order chi connectivity index (χ0) is 26.5. The number of carbonyl (C=O) groups excluding carboxylic acids is 1. The Labute approximate surface area is 237 Å². The molecule has 38 heavy (non-hydrogen) atoms. The van der Waals surface area contributed by atoms with Gasteiger partial charge in [0, 0.05) is 17.3 Å². The molecule has 0 radical (unpaired) electrons. The molecule has 0 spiro atoms. The fourth-order valence-corrected chi connectivity index (χ4v) is 6.88. The lowest BCUT2D eigenvalue weighted by Crippen LogP contribution is -2.48. The maximum atomic E-state index is 13.8. The molecule has 194 valence electrons. The molecule has 7 heteroatoms. The lowest BCUT2D eigenvalue weighted by Gasteiger charge is -2.39. The second kappa shape index (κ2) is 12.1. The predicted molar refractivity (Wildman–Crippen MR) is 157 cm³/mol. The van der Waals surface area contributed by atoms with E-state index in [0.29, 0.717) is 23.8 Å². The molecule has 5 nitrogen and oxygen atoms in total. The van der Waals surface area contributed by atoms with Crippen LogP contribution in [-0.2, 0) is 11.4 Å². The molecule has 1 N–H and O–H groups in total. The van der Waals surface area contributed by atoms with Crippen LogP contribution in [0.1, 0.15) is 49.3 Å². The van der Waals surface area contributed by atoms with E-state index in [4.69, 9.17) is 4.74 Å². The number of ether oxygens (including phenoxy) is 1. The highest BCUT2D eigenvalue weighted by Crippen LogP contribution is 2.42. The van der Waals surface area contributed by atoms with Crippen molar-refractivity contribution in [3.05, 3.63) is 98.9 Å². The van der Waals surface area contributed by atoms with E-state index in [1.54, 1.807) is 17.8 Å². The van der Waals surface area contributed by atoms with Gasteiger partial charge in [-0.2, -0.15) is 5.26 Å². The summed E-state index contributed by atoms with van der Waals surface area (Å²) in [6.07, 6.45) is 6.56. The Kier molecular flexibility index (Phi) is 8.41. The number of carbonyl (C=O) groups is 1. The molecule has 3 aromatic carbocycles. The van der Waals surface area contributed by atoms with Gasteiger partial charge in [0.15, 0.2) is 5.50 Å². The van der Waals surface area contributed by atoms with Crippen molar-refractivity contribution in [2.75, 3.05) is 5.32 Å². The van der Waals surface area contributed by atoms with E-state index >= 15 is 0 Å². The third-order valence-corrected chi connectivity index (χ3v) is 8.93. The van der Waals surface area contributed by atoms with Crippen LogP contribution >= 0.6 is 27.7 Å². The first-order valence-electron chi connectivity index (χ1n) is 13.0. The average Bonchev–Trinajstić information content (AvgIpc) is 3.23. The van der Waals surface area contributed by atoms with E-state index in [1.165, 1.54) is 6.42 Å². The Balaban J connectivity index is 1.35. The number of hydrogen-bond acceptors (Lipinski definition) is 5. The summed E-state index contributed by atoms with van der Waals surface area (Å²) in [6, 6.07) is 25.8. The maximum absolute atomic E-state index is 13.8. The number of nitriles is 1. The normalized spacial score (nSPS) is 22.3. The van der Waals surface area contributed by atoms with Gasteiger partial charge < -0.3 is 15.0 Å². The lowest BCUT2D eigenvalue weighted by molar-refractivity contribution is -0.129. The van der Waals surface area contributed by atoms with E-state index in [-0.39, 0.29) is 17.4 Å². The largest absolute Gasteiger partial charge is 0.488 e. The molecule has 2 aliphatic rings. The van der Waals surface area contributed by atoms with Crippen LogP contribution in [0.25, 0.3) is 6.08 Å². The summed E-state index contributed by atoms with van der Waals surface area (Å²) in [7, 11) is 0. The summed E-state index contributed by atoms with van der Waals surface area (Å²) < 4.78 is 6.79. The number of halogens is 1. The molecule has 2 fully saturated rings. The summed E-state index contributed by atoms with van der Waals surface area (Å²) >= 11 is 5.21. The van der Waals surface area contributed by atoms with Crippen molar-refractivity contribution in [1.82, 2.24) is 4.90 Å². The zero-order valence-corrected chi connectivity index (χ0v) is 23.7. The zero-order valence-electron chi connectivity index (χ0n) is 21.3. The second-order valence-corrected chi connectivity index (χ2v) is 11.8. The van der Waals surface area contributed by atoms with Crippen molar-refractivity contribution >= 4 is 45.4 Å². The van der Waals surface area contributed by atoms with Crippen LogP contribution in [0.4, 0.5) is 5.69 Å². The molecule has 1 aliphatic carbocycles. The summed E-state index contributed by atoms with van der Waals surface area (Å²) in [5.74, 6) is 1.25. The fourth-order valence-electron chi connectivity index (χ4n) is 5.15. The molecule has 1 amide bonds. The van der Waals surface area contributed by atoms with Gasteiger partial charge in [0.05, 0.1) is 21.0 Å². The number of hydrogen-bond donors (Lipinski definition) is 1. The minimum Gasteiger partial charge on any atom is -0.488 e. The number of benzene rings is 3. The van der Waals surface area contributed by atoms with Gasteiger partial charge >= 0.3 is 0 Å². The monoisotopic (exact) mass is 587 g/mol. The van der Waals surface area contributed by atoms with Crippen LogP contribution in [0.5, 0.6) is 5.75 Å². The molecule has 1 heterocycles. The van der Waals surface area contributed by atoms with Gasteiger partial charge in [-0.05, 0) is 76.7 Å². The number of amides is 1. The molecule has 0 bridgehead atoms. The van der Waals surface area contributed by atoms with Gasteiger partial charge in [-0.1, -0.05) is 74.0 Å². The second-order valence-electron chi connectivity index (χ2n) is 9.78. The van der Waals surface area contributed by atoms with Crippen molar-refractivity contribution < 1.29 is 9.53 Å². The van der Waals surface area contributed by atoms with Gasteiger partial charge in [-0.15, -0.1) is 0 Å². The van der Waals surface area contributed by atoms with Crippen LogP contribution in [0.2, 0.25) is 0 Å². The SMILES string of the molecule is C[C@@H]1CCCC[C@@H]1N1C(=O)/C(=C/c2ccc(OCc3ccccc3C#N)c(Br)c2)SC1Nc1ccccc1. The number of nitrogens with zero attached hydrogens (tertiary/aromatic N) is 2. The number of thioether (sulfide) groups is 1. The molecule has 0 aromatic heterocycles. The summed E-state index contributed by atoms with van der Waals surface area (Å²) in [5, 5.41) is 12.9. The van der Waals surface area contributed by atoms with E-state index < -0.39 is 0 Å². The summed E-state index contributed by atoms with van der Waals surface area (Å²) in [4.78, 5) is 16.6. The van der Waals surface area contributed by atoms with Gasteiger partial charge in [-0.3, -0.25) is 4.79 Å². The summed E-state index contributed by atoms with van der Waals surface area (Å²) in [5.41, 5.74) is 3.24. The fraction of sp³-hybridized carbons (Fsp3) is 0.290. The molecule has 3 atom stereocenters. The highest BCUT2D eigenvalue weighted by atomic mass is 79.9. The van der Waals surface area contributed by atoms with Crippen LogP contribution in [0.3, 0.4) is 0 Å². The molecule has 1 saturated heterocycles. The van der Waals surface area contributed by atoms with E-state index in [0.717, 1.165) is 45.5 Å². The maximum Gasteiger partial charge on any atom is 0.262 e. The quantitative estimate of drug-likeness (QED) is 0.286. The Bertz CT molecular complexity index is 1370. The Morgan fingerprint density at radius 3 is 2.63 bits per heavy atom. The third-order valence-electron chi connectivity index (χ3n) is 7.20. The number of anilines is 1. The Hall–Kier alpha value is -3.21. The van der Waals surface area contributed by atoms with Crippen LogP contribution in [-0.4, -0.2) is 22.3 Å². The minimum atomic E-state index is -0.145. The first-order valence-corrected chi connectivity index (χ1v) is 14.6.